The number of piperazine rings is 1. The number of hydrogen-bond donors (Lipinski definition) is 0. The second kappa shape index (κ2) is 7.17. The zero-order valence-corrected chi connectivity index (χ0v) is 16.0. The summed E-state index contributed by atoms with van der Waals surface area (Å²) in [4.78, 5) is 21.2. The fraction of sp³-hybridized carbons (Fsp3) is 0.333. The SMILES string of the molecule is CC(=O)c1ccc(N2CCN(C(C)c3nc4ccccc4s3)CC2)cc1. The molecule has 0 spiro atoms. The highest BCUT2D eigenvalue weighted by Crippen LogP contribution is 2.30. The Kier molecular flexibility index (Phi) is 4.74. The Labute approximate surface area is 158 Å². The van der Waals surface area contributed by atoms with E-state index in [1.807, 2.05) is 18.2 Å². The van der Waals surface area contributed by atoms with Crippen molar-refractivity contribution in [3.05, 3.63) is 59.1 Å². The van der Waals surface area contributed by atoms with Crippen molar-refractivity contribution in [3.63, 3.8) is 0 Å². The fourth-order valence-electron chi connectivity index (χ4n) is 3.50. The normalized spacial score (nSPS) is 16.8. The lowest BCUT2D eigenvalue weighted by Crippen LogP contribution is -2.47. The average molecular weight is 366 g/mol. The van der Waals surface area contributed by atoms with Gasteiger partial charge in [0.25, 0.3) is 0 Å². The van der Waals surface area contributed by atoms with Gasteiger partial charge in [-0.2, -0.15) is 0 Å². The number of nitrogens with zero attached hydrogens (tertiary/aromatic N) is 3. The lowest BCUT2D eigenvalue weighted by atomic mass is 10.1. The number of fused-ring (bicyclic) bond motifs is 1. The first-order chi connectivity index (χ1) is 12.6. The molecule has 1 unspecified atom stereocenters. The quantitative estimate of drug-likeness (QED) is 0.643. The standard InChI is InChI=1S/C21H23N3OS/c1-15(21-22-19-5-3-4-6-20(19)26-21)23-11-13-24(14-12-23)18-9-7-17(8-10-18)16(2)25/h3-10,15H,11-14H2,1-2H3. The maximum absolute atomic E-state index is 11.4. The zero-order chi connectivity index (χ0) is 18.1. The molecule has 1 saturated heterocycles. The van der Waals surface area contributed by atoms with Crippen molar-refractivity contribution in [2.24, 2.45) is 0 Å². The van der Waals surface area contributed by atoms with E-state index in [9.17, 15) is 4.79 Å². The first-order valence-corrected chi connectivity index (χ1v) is 9.89. The number of Topliss-reactive ketones (excluding diaryl/α,β-unsaturated/α-hetero) is 1. The van der Waals surface area contributed by atoms with Gasteiger partial charge in [-0.15, -0.1) is 11.3 Å². The fourth-order valence-corrected chi connectivity index (χ4v) is 4.55. The molecular formula is C21H23N3OS. The Balaban J connectivity index is 1.41. The topological polar surface area (TPSA) is 36.4 Å². The number of rotatable bonds is 4. The largest absolute Gasteiger partial charge is 0.369 e. The van der Waals surface area contributed by atoms with E-state index in [2.05, 4.69) is 47.1 Å². The van der Waals surface area contributed by atoms with Gasteiger partial charge in [0.15, 0.2) is 5.78 Å². The van der Waals surface area contributed by atoms with Gasteiger partial charge in [0.2, 0.25) is 0 Å². The molecule has 4 nitrogen and oxygen atoms in total. The smallest absolute Gasteiger partial charge is 0.159 e. The number of ketones is 1. The summed E-state index contributed by atoms with van der Waals surface area (Å²) in [5.74, 6) is 0.117. The minimum absolute atomic E-state index is 0.117. The Morgan fingerprint density at radius 1 is 1.04 bits per heavy atom. The maximum atomic E-state index is 11.4. The number of para-hydroxylation sites is 1. The molecule has 0 saturated carbocycles. The summed E-state index contributed by atoms with van der Waals surface area (Å²) in [5.41, 5.74) is 3.07. The van der Waals surface area contributed by atoms with E-state index in [0.29, 0.717) is 6.04 Å². The van der Waals surface area contributed by atoms with Gasteiger partial charge in [-0.05, 0) is 50.2 Å². The number of anilines is 1. The molecule has 2 aromatic carbocycles. The third-order valence-corrected chi connectivity index (χ3v) is 6.38. The molecule has 3 aromatic rings. The molecule has 2 heterocycles. The summed E-state index contributed by atoms with van der Waals surface area (Å²) in [6.07, 6.45) is 0. The first-order valence-electron chi connectivity index (χ1n) is 9.07. The van der Waals surface area contributed by atoms with Crippen LogP contribution in [0.25, 0.3) is 10.2 Å². The van der Waals surface area contributed by atoms with E-state index < -0.39 is 0 Å². The number of carbonyl (C=O) groups excluding carboxylic acids is 1. The van der Waals surface area contributed by atoms with Crippen molar-refractivity contribution in [2.75, 3.05) is 31.1 Å². The minimum atomic E-state index is 0.117. The van der Waals surface area contributed by atoms with Gasteiger partial charge >= 0.3 is 0 Å². The van der Waals surface area contributed by atoms with Gasteiger partial charge in [0.05, 0.1) is 16.3 Å². The van der Waals surface area contributed by atoms with E-state index in [4.69, 9.17) is 4.98 Å². The molecule has 1 atom stereocenters. The molecule has 1 aliphatic rings. The molecule has 134 valence electrons. The van der Waals surface area contributed by atoms with Crippen LogP contribution in [0.2, 0.25) is 0 Å². The Morgan fingerprint density at radius 2 is 1.73 bits per heavy atom. The third kappa shape index (κ3) is 3.37. The minimum Gasteiger partial charge on any atom is -0.369 e. The molecule has 26 heavy (non-hydrogen) atoms. The van der Waals surface area contributed by atoms with Crippen molar-refractivity contribution in [1.82, 2.24) is 9.88 Å². The van der Waals surface area contributed by atoms with E-state index in [0.717, 1.165) is 37.3 Å². The molecule has 0 bridgehead atoms. The molecule has 1 aliphatic heterocycles. The van der Waals surface area contributed by atoms with E-state index >= 15 is 0 Å². The lowest BCUT2D eigenvalue weighted by Gasteiger charge is -2.38. The van der Waals surface area contributed by atoms with Crippen molar-refractivity contribution in [1.29, 1.82) is 0 Å². The van der Waals surface area contributed by atoms with Gasteiger partial charge in [0.1, 0.15) is 5.01 Å². The summed E-state index contributed by atoms with van der Waals surface area (Å²) >= 11 is 1.80. The predicted octanol–water partition coefficient (Wildman–Crippen LogP) is 4.38. The van der Waals surface area contributed by atoms with Crippen LogP contribution in [0.5, 0.6) is 0 Å². The summed E-state index contributed by atoms with van der Waals surface area (Å²) in [5, 5.41) is 1.20. The number of thiazole rings is 1. The average Bonchev–Trinajstić information content (AvgIpc) is 3.12. The van der Waals surface area contributed by atoms with E-state index in [1.54, 1.807) is 18.3 Å². The Hall–Kier alpha value is -2.24. The highest BCUT2D eigenvalue weighted by atomic mass is 32.1. The van der Waals surface area contributed by atoms with Gasteiger partial charge in [-0.3, -0.25) is 9.69 Å². The van der Waals surface area contributed by atoms with Gasteiger partial charge in [0, 0.05) is 37.4 Å². The molecule has 1 aromatic heterocycles. The maximum Gasteiger partial charge on any atom is 0.159 e. The molecule has 0 amide bonds. The zero-order valence-electron chi connectivity index (χ0n) is 15.2. The van der Waals surface area contributed by atoms with Crippen LogP contribution >= 0.6 is 11.3 Å². The van der Waals surface area contributed by atoms with Gasteiger partial charge in [-0.25, -0.2) is 4.98 Å². The van der Waals surface area contributed by atoms with Crippen LogP contribution in [-0.2, 0) is 0 Å². The summed E-state index contributed by atoms with van der Waals surface area (Å²) in [6.45, 7) is 7.90. The van der Waals surface area contributed by atoms with Gasteiger partial charge in [-0.1, -0.05) is 12.1 Å². The van der Waals surface area contributed by atoms with Crippen LogP contribution in [0, 0.1) is 0 Å². The van der Waals surface area contributed by atoms with Crippen LogP contribution in [0.1, 0.15) is 35.3 Å². The summed E-state index contributed by atoms with van der Waals surface area (Å²) < 4.78 is 1.26. The highest BCUT2D eigenvalue weighted by Gasteiger charge is 2.24. The van der Waals surface area contributed by atoms with Crippen molar-refractivity contribution < 1.29 is 4.79 Å². The molecular weight excluding hydrogens is 342 g/mol. The van der Waals surface area contributed by atoms with Crippen LogP contribution in [-0.4, -0.2) is 41.8 Å². The highest BCUT2D eigenvalue weighted by molar-refractivity contribution is 7.18. The molecule has 0 N–H and O–H groups in total. The van der Waals surface area contributed by atoms with Crippen LogP contribution in [0.3, 0.4) is 0 Å². The molecule has 0 aliphatic carbocycles. The first kappa shape index (κ1) is 17.2. The number of hydrogen-bond acceptors (Lipinski definition) is 5. The van der Waals surface area contributed by atoms with Gasteiger partial charge < -0.3 is 4.90 Å². The van der Waals surface area contributed by atoms with Crippen LogP contribution < -0.4 is 4.90 Å². The summed E-state index contributed by atoms with van der Waals surface area (Å²) in [7, 11) is 0. The van der Waals surface area contributed by atoms with Crippen LogP contribution in [0.4, 0.5) is 5.69 Å². The Bertz CT molecular complexity index is 877. The second-order valence-electron chi connectivity index (χ2n) is 6.82. The predicted molar refractivity (Wildman–Crippen MR) is 108 cm³/mol. The second-order valence-corrected chi connectivity index (χ2v) is 7.88. The molecule has 5 heteroatoms. The number of aromatic nitrogens is 1. The summed E-state index contributed by atoms with van der Waals surface area (Å²) in [6, 6.07) is 16.7. The number of benzene rings is 2. The van der Waals surface area contributed by atoms with Crippen molar-refractivity contribution >= 4 is 33.0 Å². The molecule has 0 radical (unpaired) electrons. The molecule has 4 rings (SSSR count). The van der Waals surface area contributed by atoms with Crippen molar-refractivity contribution in [3.8, 4) is 0 Å². The van der Waals surface area contributed by atoms with Crippen LogP contribution in [0.15, 0.2) is 48.5 Å². The van der Waals surface area contributed by atoms with Crippen molar-refractivity contribution in [2.45, 2.75) is 19.9 Å². The number of carbonyl (C=O) groups is 1. The lowest BCUT2D eigenvalue weighted by molar-refractivity contribution is 0.101. The van der Waals surface area contributed by atoms with E-state index in [-0.39, 0.29) is 5.78 Å². The Morgan fingerprint density at radius 3 is 2.38 bits per heavy atom. The third-order valence-electron chi connectivity index (χ3n) is 5.17. The van der Waals surface area contributed by atoms with E-state index in [1.165, 1.54) is 15.4 Å². The monoisotopic (exact) mass is 365 g/mol. The molecule has 1 fully saturated rings.